The van der Waals surface area contributed by atoms with Crippen LogP contribution in [0.3, 0.4) is 0 Å². The van der Waals surface area contributed by atoms with Crippen molar-refractivity contribution in [3.05, 3.63) is 72.9 Å². The normalized spacial score (nSPS) is 10.9. The van der Waals surface area contributed by atoms with E-state index in [9.17, 15) is 4.79 Å². The minimum absolute atomic E-state index is 0.640. The summed E-state index contributed by atoms with van der Waals surface area (Å²) < 4.78 is 7.84. The Kier molecular flexibility index (Phi) is 4.60. The van der Waals surface area contributed by atoms with Gasteiger partial charge >= 0.3 is 0 Å². The van der Waals surface area contributed by atoms with Crippen LogP contribution in [0.5, 0.6) is 11.5 Å². The van der Waals surface area contributed by atoms with Crippen molar-refractivity contribution in [2.24, 2.45) is 0 Å². The fourth-order valence-electron chi connectivity index (χ4n) is 3.28. The molecule has 9 nitrogen and oxygen atoms in total. The SMILES string of the molecule is Cc1cc(Nc2ncnc3ccc(NC=O)cc23)ccc1Oc1ccn2cnnc2c1. The van der Waals surface area contributed by atoms with Crippen LogP contribution in [-0.4, -0.2) is 31.0 Å². The summed E-state index contributed by atoms with van der Waals surface area (Å²) in [6.45, 7) is 1.97. The Morgan fingerprint density at radius 1 is 1.03 bits per heavy atom. The van der Waals surface area contributed by atoms with Gasteiger partial charge in [0.05, 0.1) is 5.52 Å². The van der Waals surface area contributed by atoms with Crippen molar-refractivity contribution in [2.45, 2.75) is 6.92 Å². The van der Waals surface area contributed by atoms with E-state index in [1.54, 1.807) is 12.4 Å². The molecule has 0 unspecified atom stereocenters. The van der Waals surface area contributed by atoms with Crippen LogP contribution in [0.2, 0.25) is 0 Å². The van der Waals surface area contributed by atoms with Crippen LogP contribution >= 0.6 is 0 Å². The van der Waals surface area contributed by atoms with Crippen LogP contribution in [0, 0.1) is 6.92 Å². The third-order valence-electron chi connectivity index (χ3n) is 4.80. The smallest absolute Gasteiger partial charge is 0.211 e. The van der Waals surface area contributed by atoms with Crippen LogP contribution in [0.25, 0.3) is 16.6 Å². The molecule has 0 radical (unpaired) electrons. The van der Waals surface area contributed by atoms with E-state index in [0.717, 1.165) is 27.9 Å². The van der Waals surface area contributed by atoms with Crippen molar-refractivity contribution >= 4 is 40.2 Å². The molecule has 0 spiro atoms. The lowest BCUT2D eigenvalue weighted by Crippen LogP contribution is -1.99. The van der Waals surface area contributed by atoms with E-state index >= 15 is 0 Å². The molecule has 152 valence electrons. The molecule has 0 saturated heterocycles. The number of amides is 1. The number of hydrogen-bond donors (Lipinski definition) is 2. The lowest BCUT2D eigenvalue weighted by molar-refractivity contribution is -0.105. The highest BCUT2D eigenvalue weighted by Crippen LogP contribution is 2.30. The summed E-state index contributed by atoms with van der Waals surface area (Å²) in [6, 6.07) is 14.9. The third-order valence-corrected chi connectivity index (χ3v) is 4.80. The molecule has 0 saturated carbocycles. The average molecular weight is 411 g/mol. The second kappa shape index (κ2) is 7.71. The van der Waals surface area contributed by atoms with Gasteiger partial charge in [0.2, 0.25) is 6.41 Å². The molecule has 0 aliphatic carbocycles. The van der Waals surface area contributed by atoms with E-state index < -0.39 is 0 Å². The van der Waals surface area contributed by atoms with Gasteiger partial charge in [0.15, 0.2) is 5.65 Å². The van der Waals surface area contributed by atoms with E-state index in [4.69, 9.17) is 4.74 Å². The van der Waals surface area contributed by atoms with Gasteiger partial charge in [-0.2, -0.15) is 0 Å². The number of hydrogen-bond acceptors (Lipinski definition) is 7. The van der Waals surface area contributed by atoms with Gasteiger partial charge in [-0.1, -0.05) is 0 Å². The lowest BCUT2D eigenvalue weighted by Gasteiger charge is -2.13. The fourth-order valence-corrected chi connectivity index (χ4v) is 3.28. The van der Waals surface area contributed by atoms with E-state index in [1.807, 2.05) is 60.0 Å². The first-order valence-electron chi connectivity index (χ1n) is 9.49. The predicted molar refractivity (Wildman–Crippen MR) is 117 cm³/mol. The predicted octanol–water partition coefficient (Wildman–Crippen LogP) is 4.09. The van der Waals surface area contributed by atoms with E-state index in [0.29, 0.717) is 29.3 Å². The number of aryl methyl sites for hydroxylation is 1. The van der Waals surface area contributed by atoms with Crippen LogP contribution in [0.1, 0.15) is 5.56 Å². The van der Waals surface area contributed by atoms with Crippen LogP contribution in [-0.2, 0) is 4.79 Å². The number of nitrogens with one attached hydrogen (secondary N) is 2. The maximum absolute atomic E-state index is 10.8. The van der Waals surface area contributed by atoms with Crippen molar-refractivity contribution < 1.29 is 9.53 Å². The molecule has 5 rings (SSSR count). The minimum Gasteiger partial charge on any atom is -0.457 e. The fraction of sp³-hybridized carbons (Fsp3) is 0.0455. The number of rotatable bonds is 6. The average Bonchev–Trinajstić information content (AvgIpc) is 3.24. The van der Waals surface area contributed by atoms with E-state index in [1.165, 1.54) is 6.33 Å². The largest absolute Gasteiger partial charge is 0.457 e. The third kappa shape index (κ3) is 3.71. The quantitative estimate of drug-likeness (QED) is 0.405. The number of carbonyl (C=O) groups excluding carboxylic acids is 1. The Hall–Kier alpha value is -4.53. The molecular formula is C22H17N7O2. The number of benzene rings is 2. The minimum atomic E-state index is 0.640. The highest BCUT2D eigenvalue weighted by atomic mass is 16.5. The highest BCUT2D eigenvalue weighted by molar-refractivity contribution is 5.94. The van der Waals surface area contributed by atoms with E-state index in [2.05, 4.69) is 30.8 Å². The Morgan fingerprint density at radius 3 is 2.81 bits per heavy atom. The first kappa shape index (κ1) is 18.5. The maximum Gasteiger partial charge on any atom is 0.211 e. The lowest BCUT2D eigenvalue weighted by atomic mass is 10.1. The van der Waals surface area contributed by atoms with E-state index in [-0.39, 0.29) is 0 Å². The van der Waals surface area contributed by atoms with Crippen molar-refractivity contribution in [1.29, 1.82) is 0 Å². The summed E-state index contributed by atoms with van der Waals surface area (Å²) in [5.41, 5.74) is 3.96. The van der Waals surface area contributed by atoms with Crippen molar-refractivity contribution in [1.82, 2.24) is 24.6 Å². The molecular weight excluding hydrogens is 394 g/mol. The molecule has 31 heavy (non-hydrogen) atoms. The number of nitrogens with zero attached hydrogens (tertiary/aromatic N) is 5. The van der Waals surface area contributed by atoms with Crippen LogP contribution < -0.4 is 15.4 Å². The zero-order valence-electron chi connectivity index (χ0n) is 16.5. The van der Waals surface area contributed by atoms with Crippen LogP contribution in [0.15, 0.2) is 67.4 Å². The summed E-state index contributed by atoms with van der Waals surface area (Å²) in [5.74, 6) is 2.06. The maximum atomic E-state index is 10.8. The summed E-state index contributed by atoms with van der Waals surface area (Å²) >= 11 is 0. The van der Waals surface area contributed by atoms with Gasteiger partial charge in [-0.15, -0.1) is 10.2 Å². The van der Waals surface area contributed by atoms with Crippen LogP contribution in [0.4, 0.5) is 17.2 Å². The van der Waals surface area contributed by atoms with Gasteiger partial charge in [0.25, 0.3) is 0 Å². The monoisotopic (exact) mass is 411 g/mol. The Bertz CT molecular complexity index is 1410. The first-order chi connectivity index (χ1) is 15.2. The number of pyridine rings is 1. The topological polar surface area (TPSA) is 106 Å². The molecule has 3 aromatic heterocycles. The van der Waals surface area contributed by atoms with Gasteiger partial charge in [0, 0.05) is 29.0 Å². The van der Waals surface area contributed by atoms with Gasteiger partial charge in [-0.05, 0) is 55.0 Å². The Balaban J connectivity index is 1.41. The number of fused-ring (bicyclic) bond motifs is 2. The molecule has 1 amide bonds. The van der Waals surface area contributed by atoms with Crippen molar-refractivity contribution in [2.75, 3.05) is 10.6 Å². The second-order valence-electron chi connectivity index (χ2n) is 6.88. The number of carbonyl (C=O) groups is 1. The molecule has 0 atom stereocenters. The number of anilines is 3. The zero-order chi connectivity index (χ0) is 21.2. The van der Waals surface area contributed by atoms with Crippen molar-refractivity contribution in [3.8, 4) is 11.5 Å². The number of aromatic nitrogens is 5. The summed E-state index contributed by atoms with van der Waals surface area (Å²) in [6.07, 6.45) is 5.63. The molecule has 0 aliphatic heterocycles. The van der Waals surface area contributed by atoms with Gasteiger partial charge in [-0.3, -0.25) is 9.20 Å². The molecule has 0 fully saturated rings. The van der Waals surface area contributed by atoms with Gasteiger partial charge in [0.1, 0.15) is 30.0 Å². The zero-order valence-corrected chi connectivity index (χ0v) is 16.5. The molecule has 2 N–H and O–H groups in total. The van der Waals surface area contributed by atoms with Gasteiger partial charge < -0.3 is 15.4 Å². The Labute approximate surface area is 176 Å². The second-order valence-corrected chi connectivity index (χ2v) is 6.88. The molecule has 0 aliphatic rings. The Morgan fingerprint density at radius 2 is 1.94 bits per heavy atom. The highest BCUT2D eigenvalue weighted by Gasteiger charge is 2.08. The van der Waals surface area contributed by atoms with Gasteiger partial charge in [-0.25, -0.2) is 9.97 Å². The standard InChI is InChI=1S/C22H17N7O2/c1-14-8-16(3-5-20(14)31-17-6-7-29-12-26-28-21(29)10-17)27-22-18-9-15(25-13-30)2-4-19(18)23-11-24-22/h2-13H,1H3,(H,25,30)(H,23,24,27). The molecule has 2 aromatic carbocycles. The number of ether oxygens (including phenoxy) is 1. The first-order valence-corrected chi connectivity index (χ1v) is 9.49. The summed E-state index contributed by atoms with van der Waals surface area (Å²) in [4.78, 5) is 19.4. The molecule has 9 heteroatoms. The molecule has 5 aromatic rings. The summed E-state index contributed by atoms with van der Waals surface area (Å²) in [7, 11) is 0. The summed E-state index contributed by atoms with van der Waals surface area (Å²) in [5, 5.41) is 14.7. The molecule has 0 bridgehead atoms. The molecule has 3 heterocycles. The van der Waals surface area contributed by atoms with Crippen molar-refractivity contribution in [3.63, 3.8) is 0 Å².